The predicted molar refractivity (Wildman–Crippen MR) is 65.1 cm³/mol. The van der Waals surface area contributed by atoms with Crippen LogP contribution in [0.15, 0.2) is 0 Å². The van der Waals surface area contributed by atoms with E-state index in [-0.39, 0.29) is 0 Å². The third-order valence-corrected chi connectivity index (χ3v) is 3.10. The van der Waals surface area contributed by atoms with E-state index in [4.69, 9.17) is 4.74 Å². The number of nitrogens with one attached hydrogen (secondary N) is 1. The lowest BCUT2D eigenvalue weighted by molar-refractivity contribution is 0.0527. The molecule has 1 aliphatic carbocycles. The van der Waals surface area contributed by atoms with Crippen molar-refractivity contribution in [2.45, 2.75) is 59.1 Å². The lowest BCUT2D eigenvalue weighted by Gasteiger charge is -2.17. The summed E-state index contributed by atoms with van der Waals surface area (Å²) in [6, 6.07) is 0.689. The average Bonchev–Trinajstić information content (AvgIpc) is 2.93. The molecule has 2 atom stereocenters. The molecule has 0 saturated heterocycles. The van der Waals surface area contributed by atoms with E-state index in [1.807, 2.05) is 0 Å². The lowest BCUT2D eigenvalue weighted by Crippen LogP contribution is -2.31. The summed E-state index contributed by atoms with van der Waals surface area (Å²) in [7, 11) is 0. The molecule has 1 N–H and O–H groups in total. The van der Waals surface area contributed by atoms with Gasteiger partial charge in [0.2, 0.25) is 0 Å². The summed E-state index contributed by atoms with van der Waals surface area (Å²) in [6.45, 7) is 10.8. The standard InChI is InChI=1S/C13H27NO/c1-10(2)9-11(3)15-8-7-14-12(4)13-5-6-13/h10-14H,5-9H2,1-4H3. The van der Waals surface area contributed by atoms with Gasteiger partial charge in [-0.1, -0.05) is 13.8 Å². The van der Waals surface area contributed by atoms with E-state index in [2.05, 4.69) is 33.0 Å². The molecule has 2 nitrogen and oxygen atoms in total. The van der Waals surface area contributed by atoms with Crippen LogP contribution in [-0.4, -0.2) is 25.3 Å². The van der Waals surface area contributed by atoms with Crippen LogP contribution in [0.5, 0.6) is 0 Å². The lowest BCUT2D eigenvalue weighted by atomic mass is 10.1. The van der Waals surface area contributed by atoms with Crippen LogP contribution in [0.4, 0.5) is 0 Å². The fourth-order valence-corrected chi connectivity index (χ4v) is 2.04. The smallest absolute Gasteiger partial charge is 0.0594 e. The van der Waals surface area contributed by atoms with Crippen molar-refractivity contribution in [1.29, 1.82) is 0 Å². The Morgan fingerprint density at radius 2 is 1.87 bits per heavy atom. The molecule has 90 valence electrons. The van der Waals surface area contributed by atoms with Gasteiger partial charge in [-0.3, -0.25) is 0 Å². The summed E-state index contributed by atoms with van der Waals surface area (Å²) in [4.78, 5) is 0. The Hall–Kier alpha value is -0.0800. The highest BCUT2D eigenvalue weighted by Crippen LogP contribution is 2.32. The van der Waals surface area contributed by atoms with E-state index < -0.39 is 0 Å². The van der Waals surface area contributed by atoms with Gasteiger partial charge in [-0.25, -0.2) is 0 Å². The second-order valence-electron chi connectivity index (χ2n) is 5.39. The molecule has 0 aromatic rings. The average molecular weight is 213 g/mol. The molecule has 0 radical (unpaired) electrons. The number of hydrogen-bond acceptors (Lipinski definition) is 2. The van der Waals surface area contributed by atoms with Crippen molar-refractivity contribution in [2.75, 3.05) is 13.2 Å². The summed E-state index contributed by atoms with van der Waals surface area (Å²) in [5.74, 6) is 1.68. The second-order valence-corrected chi connectivity index (χ2v) is 5.39. The van der Waals surface area contributed by atoms with Crippen molar-refractivity contribution < 1.29 is 4.74 Å². The number of ether oxygens (including phenoxy) is 1. The Morgan fingerprint density at radius 3 is 2.40 bits per heavy atom. The highest BCUT2D eigenvalue weighted by molar-refractivity contribution is 4.82. The first-order chi connectivity index (χ1) is 7.09. The fraction of sp³-hybridized carbons (Fsp3) is 1.00. The Morgan fingerprint density at radius 1 is 1.20 bits per heavy atom. The minimum atomic E-state index is 0.406. The Balaban J connectivity index is 1.91. The Bertz CT molecular complexity index is 166. The number of hydrogen-bond donors (Lipinski definition) is 1. The van der Waals surface area contributed by atoms with E-state index in [0.29, 0.717) is 12.1 Å². The van der Waals surface area contributed by atoms with E-state index >= 15 is 0 Å². The zero-order valence-corrected chi connectivity index (χ0v) is 10.8. The monoisotopic (exact) mass is 213 g/mol. The van der Waals surface area contributed by atoms with Gasteiger partial charge in [-0.2, -0.15) is 0 Å². The van der Waals surface area contributed by atoms with Gasteiger partial charge in [0.05, 0.1) is 12.7 Å². The summed E-state index contributed by atoms with van der Waals surface area (Å²) >= 11 is 0. The van der Waals surface area contributed by atoms with Gasteiger partial charge >= 0.3 is 0 Å². The van der Waals surface area contributed by atoms with Gasteiger partial charge in [-0.05, 0) is 44.9 Å². The van der Waals surface area contributed by atoms with E-state index in [1.54, 1.807) is 0 Å². The van der Waals surface area contributed by atoms with Crippen LogP contribution in [0.1, 0.15) is 47.0 Å². The molecule has 0 amide bonds. The van der Waals surface area contributed by atoms with Gasteiger partial charge < -0.3 is 10.1 Å². The molecule has 1 rings (SSSR count). The molecular weight excluding hydrogens is 186 g/mol. The minimum absolute atomic E-state index is 0.406. The molecule has 1 saturated carbocycles. The molecule has 0 aromatic heterocycles. The normalized spacial score (nSPS) is 20.6. The van der Waals surface area contributed by atoms with Gasteiger partial charge in [0.1, 0.15) is 0 Å². The minimum Gasteiger partial charge on any atom is -0.377 e. The highest BCUT2D eigenvalue weighted by Gasteiger charge is 2.27. The zero-order chi connectivity index (χ0) is 11.3. The van der Waals surface area contributed by atoms with Crippen molar-refractivity contribution in [1.82, 2.24) is 5.32 Å². The zero-order valence-electron chi connectivity index (χ0n) is 10.8. The SMILES string of the molecule is CC(C)CC(C)OCCNC(C)C1CC1. The third-order valence-electron chi connectivity index (χ3n) is 3.10. The molecule has 2 unspecified atom stereocenters. The van der Waals surface area contributed by atoms with Gasteiger partial charge in [0, 0.05) is 12.6 Å². The van der Waals surface area contributed by atoms with Crippen LogP contribution in [0.2, 0.25) is 0 Å². The first-order valence-corrected chi connectivity index (χ1v) is 6.44. The largest absolute Gasteiger partial charge is 0.377 e. The predicted octanol–water partition coefficient (Wildman–Crippen LogP) is 2.83. The maximum absolute atomic E-state index is 5.74. The molecule has 0 aliphatic heterocycles. The molecule has 1 fully saturated rings. The Labute approximate surface area is 94.8 Å². The van der Waals surface area contributed by atoms with Gasteiger partial charge in [0.15, 0.2) is 0 Å². The first kappa shape index (κ1) is 13.0. The van der Waals surface area contributed by atoms with Gasteiger partial charge in [0.25, 0.3) is 0 Å². The highest BCUT2D eigenvalue weighted by atomic mass is 16.5. The second kappa shape index (κ2) is 6.49. The van der Waals surface area contributed by atoms with Crippen molar-refractivity contribution in [3.63, 3.8) is 0 Å². The molecule has 1 aliphatic rings. The van der Waals surface area contributed by atoms with E-state index in [9.17, 15) is 0 Å². The van der Waals surface area contributed by atoms with Crippen LogP contribution in [0.25, 0.3) is 0 Å². The maximum Gasteiger partial charge on any atom is 0.0594 e. The fourth-order valence-electron chi connectivity index (χ4n) is 2.04. The van der Waals surface area contributed by atoms with Crippen LogP contribution >= 0.6 is 0 Å². The summed E-state index contributed by atoms with van der Waals surface area (Å²) in [6.07, 6.45) is 4.40. The van der Waals surface area contributed by atoms with Crippen molar-refractivity contribution >= 4 is 0 Å². The Kier molecular flexibility index (Phi) is 5.62. The molecule has 0 bridgehead atoms. The number of rotatable bonds is 8. The molecular formula is C13H27NO. The summed E-state index contributed by atoms with van der Waals surface area (Å²) in [5.41, 5.74) is 0. The topological polar surface area (TPSA) is 21.3 Å². The molecule has 15 heavy (non-hydrogen) atoms. The quantitative estimate of drug-likeness (QED) is 0.626. The molecule has 2 heteroatoms. The van der Waals surface area contributed by atoms with Crippen molar-refractivity contribution in [3.05, 3.63) is 0 Å². The third kappa shape index (κ3) is 6.16. The van der Waals surface area contributed by atoms with E-state index in [1.165, 1.54) is 12.8 Å². The van der Waals surface area contributed by atoms with Crippen LogP contribution in [0, 0.1) is 11.8 Å². The molecule has 0 spiro atoms. The van der Waals surface area contributed by atoms with Gasteiger partial charge in [-0.15, -0.1) is 0 Å². The van der Waals surface area contributed by atoms with Crippen LogP contribution < -0.4 is 5.32 Å². The van der Waals surface area contributed by atoms with Crippen molar-refractivity contribution in [3.8, 4) is 0 Å². The van der Waals surface area contributed by atoms with Crippen molar-refractivity contribution in [2.24, 2.45) is 11.8 Å². The summed E-state index contributed by atoms with van der Waals surface area (Å²) < 4.78 is 5.74. The van der Waals surface area contributed by atoms with Crippen LogP contribution in [0.3, 0.4) is 0 Å². The van der Waals surface area contributed by atoms with Crippen LogP contribution in [-0.2, 0) is 4.74 Å². The van der Waals surface area contributed by atoms with E-state index in [0.717, 1.165) is 31.4 Å². The molecule has 0 heterocycles. The first-order valence-electron chi connectivity index (χ1n) is 6.44. The summed E-state index contributed by atoms with van der Waals surface area (Å²) in [5, 5.41) is 3.53. The maximum atomic E-state index is 5.74. The molecule has 0 aromatic carbocycles.